The average molecular weight is 281 g/mol. The van der Waals surface area contributed by atoms with E-state index in [0.717, 1.165) is 17.5 Å². The van der Waals surface area contributed by atoms with Crippen LogP contribution in [0.4, 0.5) is 0 Å². The molecule has 2 nitrogen and oxygen atoms in total. The molecule has 2 unspecified atom stereocenters. The van der Waals surface area contributed by atoms with Crippen LogP contribution in [0.25, 0.3) is 0 Å². The number of carbonyl (C=O) groups excluding carboxylic acids is 1. The van der Waals surface area contributed by atoms with Crippen LogP contribution in [0, 0.1) is 5.92 Å². The van der Waals surface area contributed by atoms with Gasteiger partial charge in [-0.25, -0.2) is 0 Å². The Labute approximate surface area is 127 Å². The summed E-state index contributed by atoms with van der Waals surface area (Å²) in [6, 6.07) is 17.8. The van der Waals surface area contributed by atoms with Gasteiger partial charge in [-0.05, 0) is 23.1 Å². The molecule has 110 valence electrons. The van der Waals surface area contributed by atoms with Crippen molar-refractivity contribution in [3.05, 3.63) is 71.3 Å². The normalized spacial score (nSPS) is 13.7. The van der Waals surface area contributed by atoms with E-state index in [1.54, 1.807) is 0 Å². The molecule has 0 saturated heterocycles. The molecule has 2 aromatic rings. The van der Waals surface area contributed by atoms with Crippen molar-refractivity contribution in [3.8, 4) is 0 Å². The van der Waals surface area contributed by atoms with Crippen LogP contribution in [0.1, 0.15) is 36.6 Å². The van der Waals surface area contributed by atoms with Gasteiger partial charge in [0.05, 0.1) is 0 Å². The minimum absolute atomic E-state index is 0.182. The molecule has 0 bridgehead atoms. The van der Waals surface area contributed by atoms with Gasteiger partial charge in [0, 0.05) is 18.4 Å². The number of nitrogens with two attached hydrogens (primary N) is 1. The lowest BCUT2D eigenvalue weighted by atomic mass is 9.89. The summed E-state index contributed by atoms with van der Waals surface area (Å²) in [5.41, 5.74) is 9.58. The molecule has 0 saturated carbocycles. The molecule has 0 aliphatic rings. The van der Waals surface area contributed by atoms with Gasteiger partial charge in [0.1, 0.15) is 5.78 Å². The third-order valence-corrected chi connectivity index (χ3v) is 4.04. The molecule has 2 N–H and O–H groups in total. The highest BCUT2D eigenvalue weighted by molar-refractivity contribution is 5.83. The lowest BCUT2D eigenvalue weighted by molar-refractivity contribution is -0.122. The fourth-order valence-electron chi connectivity index (χ4n) is 2.42. The summed E-state index contributed by atoms with van der Waals surface area (Å²) in [6.45, 7) is 4.04. The van der Waals surface area contributed by atoms with E-state index >= 15 is 0 Å². The van der Waals surface area contributed by atoms with E-state index in [-0.39, 0.29) is 17.7 Å². The summed E-state index contributed by atoms with van der Waals surface area (Å²) in [5.74, 6) is 0.00820. The number of hydrogen-bond donors (Lipinski definition) is 1. The molecule has 0 heterocycles. The predicted molar refractivity (Wildman–Crippen MR) is 87.1 cm³/mol. The van der Waals surface area contributed by atoms with Crippen LogP contribution in [0.2, 0.25) is 0 Å². The molecule has 0 aliphatic heterocycles. The second-order valence-electron chi connectivity index (χ2n) is 5.54. The minimum Gasteiger partial charge on any atom is -0.323 e. The molecule has 0 aliphatic carbocycles. The largest absolute Gasteiger partial charge is 0.323 e. The van der Waals surface area contributed by atoms with Crippen molar-refractivity contribution < 1.29 is 4.79 Å². The number of rotatable bonds is 6. The second-order valence-corrected chi connectivity index (χ2v) is 5.54. The predicted octanol–water partition coefficient (Wildman–Crippen LogP) is 3.70. The van der Waals surface area contributed by atoms with E-state index in [1.165, 1.54) is 5.56 Å². The van der Waals surface area contributed by atoms with Gasteiger partial charge in [0.25, 0.3) is 0 Å². The summed E-state index contributed by atoms with van der Waals surface area (Å²) >= 11 is 0. The van der Waals surface area contributed by atoms with E-state index in [9.17, 15) is 4.79 Å². The smallest absolute Gasteiger partial charge is 0.141 e. The fraction of sp³-hybridized carbons (Fsp3) is 0.316. The van der Waals surface area contributed by atoms with Crippen molar-refractivity contribution in [2.75, 3.05) is 0 Å². The molecule has 2 rings (SSSR count). The number of ketones is 1. The first-order valence-electron chi connectivity index (χ1n) is 7.53. The van der Waals surface area contributed by atoms with Crippen molar-refractivity contribution in [1.82, 2.24) is 0 Å². The Balaban J connectivity index is 2.01. The molecule has 21 heavy (non-hydrogen) atoms. The third kappa shape index (κ3) is 4.02. The number of benzene rings is 2. The van der Waals surface area contributed by atoms with Gasteiger partial charge >= 0.3 is 0 Å². The quantitative estimate of drug-likeness (QED) is 0.877. The van der Waals surface area contributed by atoms with Crippen LogP contribution in [-0.2, 0) is 17.6 Å². The van der Waals surface area contributed by atoms with Crippen molar-refractivity contribution in [3.63, 3.8) is 0 Å². The Kier molecular flexibility index (Phi) is 5.29. The van der Waals surface area contributed by atoms with Crippen LogP contribution in [0.15, 0.2) is 54.6 Å². The molecular weight excluding hydrogens is 258 g/mol. The molecule has 2 atom stereocenters. The van der Waals surface area contributed by atoms with Crippen molar-refractivity contribution in [2.24, 2.45) is 11.7 Å². The van der Waals surface area contributed by atoms with E-state index in [2.05, 4.69) is 19.1 Å². The molecule has 0 aromatic heterocycles. The SMILES string of the molecule is CCc1ccc(CC(=O)C(C)C(N)c2ccccc2)cc1. The van der Waals surface area contributed by atoms with Crippen LogP contribution in [-0.4, -0.2) is 5.78 Å². The van der Waals surface area contributed by atoms with E-state index in [0.29, 0.717) is 6.42 Å². The maximum atomic E-state index is 12.4. The zero-order valence-electron chi connectivity index (χ0n) is 12.8. The van der Waals surface area contributed by atoms with Crippen LogP contribution >= 0.6 is 0 Å². The first-order valence-corrected chi connectivity index (χ1v) is 7.53. The Morgan fingerprint density at radius 1 is 1.00 bits per heavy atom. The van der Waals surface area contributed by atoms with Crippen molar-refractivity contribution in [1.29, 1.82) is 0 Å². The topological polar surface area (TPSA) is 43.1 Å². The summed E-state index contributed by atoms with van der Waals surface area (Å²) in [6.07, 6.45) is 1.47. The molecule has 2 aromatic carbocycles. The van der Waals surface area contributed by atoms with Gasteiger partial charge in [0.2, 0.25) is 0 Å². The third-order valence-electron chi connectivity index (χ3n) is 4.04. The lowest BCUT2D eigenvalue weighted by Crippen LogP contribution is -2.27. The van der Waals surface area contributed by atoms with Gasteiger partial charge in [-0.1, -0.05) is 68.4 Å². The highest BCUT2D eigenvalue weighted by Crippen LogP contribution is 2.21. The Bertz CT molecular complexity index is 574. The maximum Gasteiger partial charge on any atom is 0.141 e. The lowest BCUT2D eigenvalue weighted by Gasteiger charge is -2.19. The zero-order chi connectivity index (χ0) is 15.2. The van der Waals surface area contributed by atoms with Crippen LogP contribution in [0.3, 0.4) is 0 Å². The van der Waals surface area contributed by atoms with E-state index in [4.69, 9.17) is 5.73 Å². The van der Waals surface area contributed by atoms with E-state index in [1.807, 2.05) is 49.4 Å². The summed E-state index contributed by atoms with van der Waals surface area (Å²) in [4.78, 5) is 12.4. The standard InChI is InChI=1S/C19H23NO/c1-3-15-9-11-16(12-10-15)13-18(21)14(2)19(20)17-7-5-4-6-8-17/h4-12,14,19H,3,13,20H2,1-2H3. The Morgan fingerprint density at radius 2 is 1.57 bits per heavy atom. The molecule has 0 fully saturated rings. The first-order chi connectivity index (χ1) is 10.1. The Morgan fingerprint density at radius 3 is 2.14 bits per heavy atom. The fourth-order valence-corrected chi connectivity index (χ4v) is 2.42. The van der Waals surface area contributed by atoms with Gasteiger partial charge < -0.3 is 5.73 Å². The maximum absolute atomic E-state index is 12.4. The summed E-state index contributed by atoms with van der Waals surface area (Å²) in [7, 11) is 0. The number of hydrogen-bond acceptors (Lipinski definition) is 2. The second kappa shape index (κ2) is 7.19. The van der Waals surface area contributed by atoms with Crippen LogP contribution < -0.4 is 5.73 Å². The number of aryl methyl sites for hydroxylation is 1. The highest BCUT2D eigenvalue weighted by atomic mass is 16.1. The zero-order valence-corrected chi connectivity index (χ0v) is 12.8. The molecule has 0 spiro atoms. The Hall–Kier alpha value is -1.93. The minimum atomic E-state index is -0.242. The van der Waals surface area contributed by atoms with Crippen molar-refractivity contribution >= 4 is 5.78 Å². The van der Waals surface area contributed by atoms with Gasteiger partial charge in [0.15, 0.2) is 0 Å². The number of Topliss-reactive ketones (excluding diaryl/α,β-unsaturated/α-hetero) is 1. The van der Waals surface area contributed by atoms with Gasteiger partial charge in [-0.3, -0.25) is 4.79 Å². The van der Waals surface area contributed by atoms with Crippen LogP contribution in [0.5, 0.6) is 0 Å². The molecule has 0 radical (unpaired) electrons. The monoisotopic (exact) mass is 281 g/mol. The molecule has 0 amide bonds. The number of carbonyl (C=O) groups is 1. The summed E-state index contributed by atoms with van der Waals surface area (Å²) in [5, 5.41) is 0. The molecular formula is C19H23NO. The summed E-state index contributed by atoms with van der Waals surface area (Å²) < 4.78 is 0. The molecule has 2 heteroatoms. The van der Waals surface area contributed by atoms with Crippen molar-refractivity contribution in [2.45, 2.75) is 32.7 Å². The van der Waals surface area contributed by atoms with Gasteiger partial charge in [-0.15, -0.1) is 0 Å². The first kappa shape index (κ1) is 15.5. The van der Waals surface area contributed by atoms with Gasteiger partial charge in [-0.2, -0.15) is 0 Å². The highest BCUT2D eigenvalue weighted by Gasteiger charge is 2.21. The van der Waals surface area contributed by atoms with E-state index < -0.39 is 0 Å². The average Bonchev–Trinajstić information content (AvgIpc) is 2.55.